The zero-order valence-electron chi connectivity index (χ0n) is 11.9. The van der Waals surface area contributed by atoms with E-state index in [-0.39, 0.29) is 18.4 Å². The van der Waals surface area contributed by atoms with Crippen molar-refractivity contribution in [3.05, 3.63) is 28.2 Å². The molecule has 1 aliphatic rings. The average Bonchev–Trinajstić information content (AvgIpc) is 2.90. The monoisotopic (exact) mass is 338 g/mol. The number of halogens is 1. The first-order valence-corrected chi connectivity index (χ1v) is 7.60. The van der Waals surface area contributed by atoms with Crippen molar-refractivity contribution in [2.45, 2.75) is 26.7 Å². The van der Waals surface area contributed by atoms with Crippen LogP contribution in [-0.4, -0.2) is 36.3 Å². The van der Waals surface area contributed by atoms with Gasteiger partial charge in [-0.1, -0.05) is 15.9 Å². The van der Waals surface area contributed by atoms with E-state index in [1.165, 1.54) is 6.92 Å². The van der Waals surface area contributed by atoms with Crippen LogP contribution in [0.25, 0.3) is 0 Å². The van der Waals surface area contributed by atoms with Crippen molar-refractivity contribution in [2.24, 2.45) is 0 Å². The minimum atomic E-state index is -0.108. The summed E-state index contributed by atoms with van der Waals surface area (Å²) in [6.07, 6.45) is 2.12. The smallest absolute Gasteiger partial charge is 0.242 e. The number of carbonyl (C=O) groups is 2. The SMILES string of the molecule is CC(=O)N(CC(=O)N1CCCC1)c1ccc(Br)cc1C. The van der Waals surface area contributed by atoms with Gasteiger partial charge in [-0.15, -0.1) is 0 Å². The highest BCUT2D eigenvalue weighted by Crippen LogP contribution is 2.24. The van der Waals surface area contributed by atoms with Gasteiger partial charge in [0.05, 0.1) is 0 Å². The minimum Gasteiger partial charge on any atom is -0.341 e. The van der Waals surface area contributed by atoms with Gasteiger partial charge in [-0.2, -0.15) is 0 Å². The number of benzene rings is 1. The van der Waals surface area contributed by atoms with Gasteiger partial charge in [-0.25, -0.2) is 0 Å². The maximum atomic E-state index is 12.2. The third-order valence-corrected chi connectivity index (χ3v) is 4.08. The molecular weight excluding hydrogens is 320 g/mol. The van der Waals surface area contributed by atoms with Crippen LogP contribution in [0.4, 0.5) is 5.69 Å². The first kappa shape index (κ1) is 15.0. The highest BCUT2D eigenvalue weighted by atomic mass is 79.9. The van der Waals surface area contributed by atoms with Gasteiger partial charge in [0.1, 0.15) is 6.54 Å². The highest BCUT2D eigenvalue weighted by Gasteiger charge is 2.23. The summed E-state index contributed by atoms with van der Waals surface area (Å²) in [4.78, 5) is 27.5. The summed E-state index contributed by atoms with van der Waals surface area (Å²) in [6, 6.07) is 5.71. The fourth-order valence-electron chi connectivity index (χ4n) is 2.49. The Labute approximate surface area is 127 Å². The molecule has 0 unspecified atom stereocenters. The lowest BCUT2D eigenvalue weighted by atomic mass is 10.2. The molecule has 0 saturated carbocycles. The Balaban J connectivity index is 2.18. The molecule has 1 fully saturated rings. The molecule has 108 valence electrons. The highest BCUT2D eigenvalue weighted by molar-refractivity contribution is 9.10. The second-order valence-electron chi connectivity index (χ2n) is 5.12. The summed E-state index contributed by atoms with van der Waals surface area (Å²) in [5, 5.41) is 0. The molecule has 1 aliphatic heterocycles. The van der Waals surface area contributed by atoms with Crippen LogP contribution in [0.3, 0.4) is 0 Å². The van der Waals surface area contributed by atoms with Crippen molar-refractivity contribution in [1.82, 2.24) is 4.90 Å². The van der Waals surface area contributed by atoms with E-state index in [1.807, 2.05) is 30.0 Å². The minimum absolute atomic E-state index is 0.0278. The lowest BCUT2D eigenvalue weighted by Gasteiger charge is -2.25. The number of aryl methyl sites for hydroxylation is 1. The van der Waals surface area contributed by atoms with Crippen molar-refractivity contribution < 1.29 is 9.59 Å². The molecule has 4 nitrogen and oxygen atoms in total. The van der Waals surface area contributed by atoms with E-state index >= 15 is 0 Å². The first-order chi connectivity index (χ1) is 9.49. The van der Waals surface area contributed by atoms with Crippen LogP contribution in [0, 0.1) is 6.92 Å². The molecule has 0 aliphatic carbocycles. The molecule has 0 radical (unpaired) electrons. The van der Waals surface area contributed by atoms with Gasteiger partial charge < -0.3 is 9.80 Å². The third kappa shape index (κ3) is 3.39. The van der Waals surface area contributed by atoms with Crippen molar-refractivity contribution in [3.8, 4) is 0 Å². The number of likely N-dealkylation sites (tertiary alicyclic amines) is 1. The quantitative estimate of drug-likeness (QED) is 0.850. The normalized spacial score (nSPS) is 14.4. The van der Waals surface area contributed by atoms with E-state index in [4.69, 9.17) is 0 Å². The van der Waals surface area contributed by atoms with Gasteiger partial charge >= 0.3 is 0 Å². The van der Waals surface area contributed by atoms with Gasteiger partial charge in [0.2, 0.25) is 11.8 Å². The van der Waals surface area contributed by atoms with Gasteiger partial charge in [-0.05, 0) is 43.5 Å². The number of nitrogens with zero attached hydrogens (tertiary/aromatic N) is 2. The number of rotatable bonds is 3. The Morgan fingerprint density at radius 2 is 1.95 bits per heavy atom. The van der Waals surface area contributed by atoms with E-state index in [1.54, 1.807) is 4.90 Å². The zero-order chi connectivity index (χ0) is 14.7. The van der Waals surface area contributed by atoms with Crippen LogP contribution in [-0.2, 0) is 9.59 Å². The molecule has 0 atom stereocenters. The second kappa shape index (κ2) is 6.39. The number of hydrogen-bond acceptors (Lipinski definition) is 2. The average molecular weight is 339 g/mol. The molecule has 1 heterocycles. The topological polar surface area (TPSA) is 40.6 Å². The van der Waals surface area contributed by atoms with Crippen LogP contribution in [0.5, 0.6) is 0 Å². The molecule has 2 amide bonds. The predicted octanol–water partition coefficient (Wildman–Crippen LogP) is 2.73. The lowest BCUT2D eigenvalue weighted by Crippen LogP contribution is -2.41. The molecule has 0 bridgehead atoms. The zero-order valence-corrected chi connectivity index (χ0v) is 13.4. The Bertz CT molecular complexity index is 525. The Hall–Kier alpha value is -1.36. The molecule has 1 aromatic rings. The number of amides is 2. The predicted molar refractivity (Wildman–Crippen MR) is 82.7 cm³/mol. The van der Waals surface area contributed by atoms with Crippen LogP contribution in [0.15, 0.2) is 22.7 Å². The second-order valence-corrected chi connectivity index (χ2v) is 6.04. The third-order valence-electron chi connectivity index (χ3n) is 3.58. The van der Waals surface area contributed by atoms with E-state index in [2.05, 4.69) is 15.9 Å². The number of carbonyl (C=O) groups excluding carboxylic acids is 2. The van der Waals surface area contributed by atoms with Crippen LogP contribution < -0.4 is 4.90 Å². The maximum Gasteiger partial charge on any atom is 0.242 e. The Morgan fingerprint density at radius 1 is 1.30 bits per heavy atom. The van der Waals surface area contributed by atoms with Crippen molar-refractivity contribution in [2.75, 3.05) is 24.5 Å². The molecule has 20 heavy (non-hydrogen) atoms. The van der Waals surface area contributed by atoms with E-state index in [9.17, 15) is 9.59 Å². The van der Waals surface area contributed by atoms with E-state index in [0.717, 1.165) is 41.7 Å². The number of hydrogen-bond donors (Lipinski definition) is 0. The van der Waals surface area contributed by atoms with E-state index in [0.29, 0.717) is 0 Å². The van der Waals surface area contributed by atoms with Crippen molar-refractivity contribution >= 4 is 33.4 Å². The molecule has 0 spiro atoms. The van der Waals surface area contributed by atoms with Gasteiger partial charge in [0.25, 0.3) is 0 Å². The summed E-state index contributed by atoms with van der Waals surface area (Å²) in [5.74, 6) is -0.0806. The summed E-state index contributed by atoms with van der Waals surface area (Å²) in [6.45, 7) is 5.18. The molecule has 1 aromatic carbocycles. The molecule has 0 aromatic heterocycles. The van der Waals surface area contributed by atoms with E-state index < -0.39 is 0 Å². The van der Waals surface area contributed by atoms with Gasteiger partial charge in [0, 0.05) is 30.2 Å². The molecule has 1 saturated heterocycles. The largest absolute Gasteiger partial charge is 0.341 e. The van der Waals surface area contributed by atoms with Crippen LogP contribution >= 0.6 is 15.9 Å². The van der Waals surface area contributed by atoms with Crippen LogP contribution in [0.2, 0.25) is 0 Å². The van der Waals surface area contributed by atoms with Crippen LogP contribution in [0.1, 0.15) is 25.3 Å². The maximum absolute atomic E-state index is 12.2. The fraction of sp³-hybridized carbons (Fsp3) is 0.467. The van der Waals surface area contributed by atoms with Crippen molar-refractivity contribution in [1.29, 1.82) is 0 Å². The molecule has 0 N–H and O–H groups in total. The molecule has 2 rings (SSSR count). The first-order valence-electron chi connectivity index (χ1n) is 6.81. The van der Waals surface area contributed by atoms with Gasteiger partial charge in [0.15, 0.2) is 0 Å². The fourth-order valence-corrected chi connectivity index (χ4v) is 2.97. The molecular formula is C15H19BrN2O2. The molecule has 5 heteroatoms. The summed E-state index contributed by atoms with van der Waals surface area (Å²) >= 11 is 3.41. The Kier molecular flexibility index (Phi) is 4.81. The van der Waals surface area contributed by atoms with Crippen molar-refractivity contribution in [3.63, 3.8) is 0 Å². The standard InChI is InChI=1S/C15H19BrN2O2/c1-11-9-13(16)5-6-14(11)18(12(2)19)10-15(20)17-7-3-4-8-17/h5-6,9H,3-4,7-8,10H2,1-2H3. The van der Waals surface area contributed by atoms with Gasteiger partial charge in [-0.3, -0.25) is 9.59 Å². The summed E-state index contributed by atoms with van der Waals surface area (Å²) in [5.41, 5.74) is 1.78. The number of anilines is 1. The summed E-state index contributed by atoms with van der Waals surface area (Å²) in [7, 11) is 0. The lowest BCUT2D eigenvalue weighted by molar-refractivity contribution is -0.130. The summed E-state index contributed by atoms with van der Waals surface area (Å²) < 4.78 is 0.966. The Morgan fingerprint density at radius 3 is 2.50 bits per heavy atom.